The number of carbonyl (C=O) groups excluding carboxylic acids is 2. The van der Waals surface area contributed by atoms with Crippen molar-refractivity contribution in [2.75, 3.05) is 7.11 Å². The van der Waals surface area contributed by atoms with Crippen LogP contribution >= 0.6 is 22.9 Å². The molecule has 0 N–H and O–H groups in total. The molecule has 0 unspecified atom stereocenters. The summed E-state index contributed by atoms with van der Waals surface area (Å²) in [5.41, 5.74) is 0.865. The van der Waals surface area contributed by atoms with E-state index in [1.807, 2.05) is 0 Å². The van der Waals surface area contributed by atoms with Gasteiger partial charge in [0.1, 0.15) is 14.9 Å². The first-order valence-corrected chi connectivity index (χ1v) is 12.1. The van der Waals surface area contributed by atoms with Crippen molar-refractivity contribution < 1.29 is 27.1 Å². The molecule has 7 nitrogen and oxygen atoms in total. The van der Waals surface area contributed by atoms with Crippen LogP contribution in [0.15, 0.2) is 52.9 Å². The summed E-state index contributed by atoms with van der Waals surface area (Å²) < 4.78 is 46.2. The zero-order valence-electron chi connectivity index (χ0n) is 17.3. The number of Topliss-reactive ketones (excluding diaryl/α,β-unsaturated/α-hetero) is 1. The predicted molar refractivity (Wildman–Crippen MR) is 122 cm³/mol. The number of hydrogen-bond donors (Lipinski definition) is 0. The molecule has 0 aliphatic heterocycles. The number of fused-ring (bicyclic) bond motifs is 1. The molecule has 0 fully saturated rings. The summed E-state index contributed by atoms with van der Waals surface area (Å²) in [6.45, 7) is 1.57. The Morgan fingerprint density at radius 1 is 1.21 bits per heavy atom. The van der Waals surface area contributed by atoms with E-state index in [-0.39, 0.29) is 31.6 Å². The Kier molecular flexibility index (Phi) is 6.08. The van der Waals surface area contributed by atoms with Crippen LogP contribution in [0, 0.1) is 12.7 Å². The number of esters is 1. The van der Waals surface area contributed by atoms with Crippen molar-refractivity contribution in [3.8, 4) is 0 Å². The molecule has 11 heteroatoms. The molecule has 170 valence electrons. The number of carbonyl (C=O) groups is 2. The Morgan fingerprint density at radius 3 is 2.67 bits per heavy atom. The highest BCUT2D eigenvalue weighted by molar-refractivity contribution is 7.92. The van der Waals surface area contributed by atoms with Gasteiger partial charge in [0, 0.05) is 11.8 Å². The first kappa shape index (κ1) is 23.1. The number of benzene rings is 2. The van der Waals surface area contributed by atoms with Crippen molar-refractivity contribution in [1.29, 1.82) is 0 Å². The maximum absolute atomic E-state index is 14.1. The third-order valence-electron chi connectivity index (χ3n) is 4.93. The highest BCUT2D eigenvalue weighted by Gasteiger charge is 2.27. The average Bonchev–Trinajstić information content (AvgIpc) is 3.37. The van der Waals surface area contributed by atoms with Crippen LogP contribution in [0.2, 0.25) is 5.02 Å². The van der Waals surface area contributed by atoms with Gasteiger partial charge in [-0.15, -0.1) is 11.3 Å². The minimum absolute atomic E-state index is 0.00304. The molecule has 0 saturated carbocycles. The van der Waals surface area contributed by atoms with E-state index < -0.39 is 27.6 Å². The molecular formula is C22H16ClFN2O5S2. The van der Waals surface area contributed by atoms with Crippen LogP contribution in [0.1, 0.15) is 31.2 Å². The first-order chi connectivity index (χ1) is 15.6. The number of ketones is 1. The minimum atomic E-state index is -4.13. The molecule has 0 atom stereocenters. The third-order valence-corrected chi connectivity index (χ3v) is 8.68. The lowest BCUT2D eigenvalue weighted by molar-refractivity contribution is 0.0606. The molecule has 0 radical (unpaired) electrons. The number of ether oxygens (including phenoxy) is 1. The van der Waals surface area contributed by atoms with E-state index >= 15 is 0 Å². The van der Waals surface area contributed by atoms with Gasteiger partial charge in [0.2, 0.25) is 0 Å². The van der Waals surface area contributed by atoms with Crippen LogP contribution in [0.3, 0.4) is 0 Å². The minimum Gasteiger partial charge on any atom is -0.465 e. The second kappa shape index (κ2) is 8.69. The van der Waals surface area contributed by atoms with Crippen LogP contribution in [-0.4, -0.2) is 36.5 Å². The topological polar surface area (TPSA) is 95.3 Å². The molecule has 0 aliphatic carbocycles. The fourth-order valence-electron chi connectivity index (χ4n) is 3.38. The number of aryl methyl sites for hydroxylation is 1. The number of methoxy groups -OCH3 is 1. The Hall–Kier alpha value is -3.08. The fraction of sp³-hybridized carbons (Fsp3) is 0.136. The first-order valence-electron chi connectivity index (χ1n) is 9.51. The average molecular weight is 507 g/mol. The van der Waals surface area contributed by atoms with E-state index in [9.17, 15) is 22.4 Å². The summed E-state index contributed by atoms with van der Waals surface area (Å²) in [6, 6.07) is 10.2. The van der Waals surface area contributed by atoms with Gasteiger partial charge in [-0.2, -0.15) is 17.6 Å². The standard InChI is InChI=1S/C22H16ClFN2O5S2/c1-12-8-19(21(28)31-2)32-22(12)33(29,30)26-17-9-13(6-7-14(17)11-25-26)10-18(27)20-15(23)4-3-5-16(20)24/h3-9,11H,10H2,1-2H3. The molecule has 0 bridgehead atoms. The van der Waals surface area contributed by atoms with Gasteiger partial charge in [0.05, 0.1) is 29.4 Å². The second-order valence-electron chi connectivity index (χ2n) is 7.16. The third kappa shape index (κ3) is 4.17. The lowest BCUT2D eigenvalue weighted by Gasteiger charge is -2.08. The quantitative estimate of drug-likeness (QED) is 0.279. The summed E-state index contributed by atoms with van der Waals surface area (Å²) in [4.78, 5) is 24.6. The van der Waals surface area contributed by atoms with Gasteiger partial charge >= 0.3 is 5.97 Å². The maximum atomic E-state index is 14.1. The Morgan fingerprint density at radius 2 is 1.97 bits per heavy atom. The zero-order valence-corrected chi connectivity index (χ0v) is 19.7. The molecule has 0 aliphatic rings. The van der Waals surface area contributed by atoms with Crippen LogP contribution < -0.4 is 0 Å². The Balaban J connectivity index is 1.74. The van der Waals surface area contributed by atoms with Gasteiger partial charge in [-0.25, -0.2) is 9.18 Å². The highest BCUT2D eigenvalue weighted by atomic mass is 35.5. The summed E-state index contributed by atoms with van der Waals surface area (Å²) in [5, 5.41) is 4.55. The van der Waals surface area contributed by atoms with Crippen LogP contribution in [0.25, 0.3) is 10.9 Å². The molecule has 2 aromatic carbocycles. The van der Waals surface area contributed by atoms with E-state index in [1.165, 1.54) is 37.6 Å². The Bertz CT molecular complexity index is 1500. The lowest BCUT2D eigenvalue weighted by atomic mass is 10.0. The molecule has 4 rings (SSSR count). The van der Waals surface area contributed by atoms with Crippen molar-refractivity contribution in [2.45, 2.75) is 17.6 Å². The molecule has 33 heavy (non-hydrogen) atoms. The highest BCUT2D eigenvalue weighted by Crippen LogP contribution is 2.31. The van der Waals surface area contributed by atoms with Gasteiger partial charge < -0.3 is 4.74 Å². The lowest BCUT2D eigenvalue weighted by Crippen LogP contribution is -2.14. The van der Waals surface area contributed by atoms with Crippen LogP contribution in [0.4, 0.5) is 4.39 Å². The van der Waals surface area contributed by atoms with Crippen molar-refractivity contribution >= 4 is 55.6 Å². The van der Waals surface area contributed by atoms with Gasteiger partial charge in [-0.05, 0) is 42.3 Å². The van der Waals surface area contributed by atoms with E-state index in [0.717, 1.165) is 21.5 Å². The molecule has 0 amide bonds. The van der Waals surface area contributed by atoms with Gasteiger partial charge in [0.15, 0.2) is 5.78 Å². The molecule has 2 heterocycles. The normalized spacial score (nSPS) is 11.6. The van der Waals surface area contributed by atoms with Crippen LogP contribution in [0.5, 0.6) is 0 Å². The monoisotopic (exact) mass is 506 g/mol. The summed E-state index contributed by atoms with van der Waals surface area (Å²) in [6.07, 6.45) is 1.20. The summed E-state index contributed by atoms with van der Waals surface area (Å²) in [7, 11) is -2.92. The van der Waals surface area contributed by atoms with E-state index in [0.29, 0.717) is 16.5 Å². The molecule has 4 aromatic rings. The number of thiophene rings is 1. The summed E-state index contributed by atoms with van der Waals surface area (Å²) in [5.74, 6) is -1.90. The molecular weight excluding hydrogens is 491 g/mol. The second-order valence-corrected chi connectivity index (χ2v) is 10.6. The van der Waals surface area contributed by atoms with Crippen molar-refractivity contribution in [3.63, 3.8) is 0 Å². The fourth-order valence-corrected chi connectivity index (χ4v) is 6.59. The SMILES string of the molecule is COC(=O)c1cc(C)c(S(=O)(=O)n2ncc3ccc(CC(=O)c4c(F)cccc4Cl)cc32)s1. The van der Waals surface area contributed by atoms with Gasteiger partial charge in [-0.1, -0.05) is 29.8 Å². The number of aromatic nitrogens is 2. The summed E-state index contributed by atoms with van der Waals surface area (Å²) >= 11 is 6.77. The van der Waals surface area contributed by atoms with Crippen molar-refractivity contribution in [2.24, 2.45) is 0 Å². The van der Waals surface area contributed by atoms with Crippen molar-refractivity contribution in [1.82, 2.24) is 9.19 Å². The van der Waals surface area contributed by atoms with E-state index in [4.69, 9.17) is 11.6 Å². The predicted octanol–water partition coefficient (Wildman–Crippen LogP) is 4.65. The number of hydrogen-bond acceptors (Lipinski definition) is 7. The Labute approximate surface area is 197 Å². The van der Waals surface area contributed by atoms with Crippen LogP contribution in [-0.2, 0) is 21.2 Å². The molecule has 2 aromatic heterocycles. The van der Waals surface area contributed by atoms with E-state index in [2.05, 4.69) is 9.84 Å². The van der Waals surface area contributed by atoms with E-state index in [1.54, 1.807) is 19.1 Å². The molecule has 0 spiro atoms. The number of halogens is 2. The van der Waals surface area contributed by atoms with Gasteiger partial charge in [0.25, 0.3) is 10.0 Å². The molecule has 0 saturated heterocycles. The van der Waals surface area contributed by atoms with Gasteiger partial charge in [-0.3, -0.25) is 4.79 Å². The zero-order chi connectivity index (χ0) is 23.9. The maximum Gasteiger partial charge on any atom is 0.348 e. The number of rotatable bonds is 6. The largest absolute Gasteiger partial charge is 0.465 e. The smallest absolute Gasteiger partial charge is 0.348 e. The number of nitrogens with zero attached hydrogens (tertiary/aromatic N) is 2. The van der Waals surface area contributed by atoms with Crippen molar-refractivity contribution in [3.05, 3.63) is 81.1 Å².